The minimum absolute atomic E-state index is 0.297. The highest BCUT2D eigenvalue weighted by Crippen LogP contribution is 2.29. The number of nitrogens with zero attached hydrogens (tertiary/aromatic N) is 2. The standard InChI is InChI=1S/C11H19N3/c1-3-14-8-10(7-13-14)11(2)5-4-6-12-9-11/h7-8,12H,3-6,9H2,1-2H3. The van der Waals surface area contributed by atoms with Gasteiger partial charge in [0.15, 0.2) is 0 Å². The lowest BCUT2D eigenvalue weighted by Crippen LogP contribution is -2.40. The van der Waals surface area contributed by atoms with Gasteiger partial charge in [0.25, 0.3) is 0 Å². The van der Waals surface area contributed by atoms with E-state index in [2.05, 4.69) is 30.5 Å². The van der Waals surface area contributed by atoms with Crippen molar-refractivity contribution in [3.63, 3.8) is 0 Å². The minimum Gasteiger partial charge on any atom is -0.316 e. The molecule has 2 heterocycles. The molecule has 1 unspecified atom stereocenters. The highest BCUT2D eigenvalue weighted by Gasteiger charge is 2.29. The maximum Gasteiger partial charge on any atom is 0.0527 e. The fourth-order valence-corrected chi connectivity index (χ4v) is 2.15. The van der Waals surface area contributed by atoms with E-state index >= 15 is 0 Å². The van der Waals surface area contributed by atoms with Gasteiger partial charge in [0.2, 0.25) is 0 Å². The quantitative estimate of drug-likeness (QED) is 0.772. The molecule has 1 fully saturated rings. The van der Waals surface area contributed by atoms with Crippen LogP contribution in [0.15, 0.2) is 12.4 Å². The molecule has 0 saturated carbocycles. The zero-order chi connectivity index (χ0) is 10.0. The van der Waals surface area contributed by atoms with E-state index in [1.54, 1.807) is 0 Å². The first-order valence-electron chi connectivity index (χ1n) is 5.48. The molecule has 3 nitrogen and oxygen atoms in total. The van der Waals surface area contributed by atoms with Crippen LogP contribution in [-0.4, -0.2) is 22.9 Å². The van der Waals surface area contributed by atoms with Crippen molar-refractivity contribution < 1.29 is 0 Å². The number of rotatable bonds is 2. The first-order chi connectivity index (χ1) is 6.74. The van der Waals surface area contributed by atoms with Crippen LogP contribution in [0.2, 0.25) is 0 Å². The lowest BCUT2D eigenvalue weighted by atomic mass is 9.78. The Bertz CT molecular complexity index is 297. The lowest BCUT2D eigenvalue weighted by molar-refractivity contribution is 0.339. The van der Waals surface area contributed by atoms with Gasteiger partial charge >= 0.3 is 0 Å². The van der Waals surface area contributed by atoms with Gasteiger partial charge in [-0.1, -0.05) is 6.92 Å². The molecule has 0 bridgehead atoms. The van der Waals surface area contributed by atoms with Crippen LogP contribution >= 0.6 is 0 Å². The van der Waals surface area contributed by atoms with E-state index in [-0.39, 0.29) is 0 Å². The van der Waals surface area contributed by atoms with Crippen molar-refractivity contribution in [1.82, 2.24) is 15.1 Å². The lowest BCUT2D eigenvalue weighted by Gasteiger charge is -2.33. The summed E-state index contributed by atoms with van der Waals surface area (Å²) in [5.74, 6) is 0. The molecule has 14 heavy (non-hydrogen) atoms. The van der Waals surface area contributed by atoms with E-state index in [1.807, 2.05) is 10.9 Å². The molecule has 1 saturated heterocycles. The first kappa shape index (κ1) is 9.71. The van der Waals surface area contributed by atoms with Crippen LogP contribution in [0.3, 0.4) is 0 Å². The van der Waals surface area contributed by atoms with Crippen LogP contribution in [-0.2, 0) is 12.0 Å². The van der Waals surface area contributed by atoms with Crippen molar-refractivity contribution in [3.8, 4) is 0 Å². The smallest absolute Gasteiger partial charge is 0.0527 e. The van der Waals surface area contributed by atoms with E-state index in [1.165, 1.54) is 18.4 Å². The molecule has 78 valence electrons. The number of aromatic nitrogens is 2. The Morgan fingerprint density at radius 1 is 1.64 bits per heavy atom. The molecule has 0 radical (unpaired) electrons. The van der Waals surface area contributed by atoms with Gasteiger partial charge in [-0.05, 0) is 31.9 Å². The molecule has 2 rings (SSSR count). The van der Waals surface area contributed by atoms with Gasteiger partial charge in [0.05, 0.1) is 6.20 Å². The average Bonchev–Trinajstić information content (AvgIpc) is 2.67. The SMILES string of the molecule is CCn1cc(C2(C)CCCNC2)cn1. The third-order valence-corrected chi connectivity index (χ3v) is 3.25. The second-order valence-corrected chi connectivity index (χ2v) is 4.43. The number of hydrogen-bond acceptors (Lipinski definition) is 2. The molecule has 1 N–H and O–H groups in total. The van der Waals surface area contributed by atoms with E-state index in [0.29, 0.717) is 5.41 Å². The van der Waals surface area contributed by atoms with Crippen LogP contribution < -0.4 is 5.32 Å². The summed E-state index contributed by atoms with van der Waals surface area (Å²) in [6, 6.07) is 0. The minimum atomic E-state index is 0.297. The van der Waals surface area contributed by atoms with Crippen LogP contribution in [0.25, 0.3) is 0 Å². The summed E-state index contributed by atoms with van der Waals surface area (Å²) in [5.41, 5.74) is 1.68. The molecule has 0 aliphatic carbocycles. The van der Waals surface area contributed by atoms with Crippen LogP contribution in [0, 0.1) is 0 Å². The largest absolute Gasteiger partial charge is 0.316 e. The fourth-order valence-electron chi connectivity index (χ4n) is 2.15. The Hall–Kier alpha value is -0.830. The molecule has 1 aromatic rings. The number of nitrogens with one attached hydrogen (secondary N) is 1. The summed E-state index contributed by atoms with van der Waals surface area (Å²) in [5, 5.41) is 7.81. The van der Waals surface area contributed by atoms with Crippen LogP contribution in [0.4, 0.5) is 0 Å². The average molecular weight is 193 g/mol. The van der Waals surface area contributed by atoms with Crippen molar-refractivity contribution in [2.24, 2.45) is 0 Å². The molecular weight excluding hydrogens is 174 g/mol. The Labute approximate surface area is 85.5 Å². The number of piperidine rings is 1. The molecule has 1 aliphatic rings. The van der Waals surface area contributed by atoms with E-state index in [4.69, 9.17) is 0 Å². The van der Waals surface area contributed by atoms with Crippen LogP contribution in [0.5, 0.6) is 0 Å². The second kappa shape index (κ2) is 3.73. The molecule has 0 spiro atoms. The molecule has 1 atom stereocenters. The van der Waals surface area contributed by atoms with E-state index < -0.39 is 0 Å². The summed E-state index contributed by atoms with van der Waals surface area (Å²) in [6.45, 7) is 7.66. The molecule has 3 heteroatoms. The van der Waals surface area contributed by atoms with Crippen molar-refractivity contribution in [2.75, 3.05) is 13.1 Å². The Morgan fingerprint density at radius 2 is 2.50 bits per heavy atom. The van der Waals surface area contributed by atoms with Crippen molar-refractivity contribution >= 4 is 0 Å². The highest BCUT2D eigenvalue weighted by atomic mass is 15.3. The first-order valence-corrected chi connectivity index (χ1v) is 5.48. The molecule has 1 aliphatic heterocycles. The monoisotopic (exact) mass is 193 g/mol. The third-order valence-electron chi connectivity index (χ3n) is 3.25. The van der Waals surface area contributed by atoms with Gasteiger partial charge in [-0.15, -0.1) is 0 Å². The third kappa shape index (κ3) is 1.69. The maximum atomic E-state index is 4.34. The zero-order valence-corrected chi connectivity index (χ0v) is 9.08. The topological polar surface area (TPSA) is 29.9 Å². The van der Waals surface area contributed by atoms with Crippen molar-refractivity contribution in [1.29, 1.82) is 0 Å². The molecular formula is C11H19N3. The van der Waals surface area contributed by atoms with Gasteiger partial charge in [0, 0.05) is 24.7 Å². The van der Waals surface area contributed by atoms with Gasteiger partial charge in [-0.25, -0.2) is 0 Å². The maximum absolute atomic E-state index is 4.34. The summed E-state index contributed by atoms with van der Waals surface area (Å²) in [4.78, 5) is 0. The normalized spacial score (nSPS) is 27.9. The van der Waals surface area contributed by atoms with E-state index in [0.717, 1.165) is 19.6 Å². The molecule has 1 aromatic heterocycles. The van der Waals surface area contributed by atoms with Gasteiger partial charge in [-0.3, -0.25) is 4.68 Å². The summed E-state index contributed by atoms with van der Waals surface area (Å²) in [6.07, 6.45) is 6.76. The van der Waals surface area contributed by atoms with E-state index in [9.17, 15) is 0 Å². The van der Waals surface area contributed by atoms with Gasteiger partial charge < -0.3 is 5.32 Å². The zero-order valence-electron chi connectivity index (χ0n) is 9.08. The highest BCUT2D eigenvalue weighted by molar-refractivity contribution is 5.19. The predicted molar refractivity (Wildman–Crippen MR) is 57.4 cm³/mol. The predicted octanol–water partition coefficient (Wildman–Crippen LogP) is 1.54. The van der Waals surface area contributed by atoms with Gasteiger partial charge in [-0.2, -0.15) is 5.10 Å². The fraction of sp³-hybridized carbons (Fsp3) is 0.727. The second-order valence-electron chi connectivity index (χ2n) is 4.43. The summed E-state index contributed by atoms with van der Waals surface area (Å²) >= 11 is 0. The summed E-state index contributed by atoms with van der Waals surface area (Å²) < 4.78 is 2.01. The summed E-state index contributed by atoms with van der Waals surface area (Å²) in [7, 11) is 0. The van der Waals surface area contributed by atoms with Gasteiger partial charge in [0.1, 0.15) is 0 Å². The molecule has 0 amide bonds. The van der Waals surface area contributed by atoms with Crippen molar-refractivity contribution in [2.45, 2.75) is 38.6 Å². The number of aryl methyl sites for hydroxylation is 1. The van der Waals surface area contributed by atoms with Crippen LogP contribution in [0.1, 0.15) is 32.3 Å². The molecule has 0 aromatic carbocycles. The van der Waals surface area contributed by atoms with Crippen molar-refractivity contribution in [3.05, 3.63) is 18.0 Å². The Kier molecular flexibility index (Phi) is 2.59. The Morgan fingerprint density at radius 3 is 3.07 bits per heavy atom. The number of hydrogen-bond donors (Lipinski definition) is 1. The Balaban J connectivity index is 2.19.